The Morgan fingerprint density at radius 3 is 2.00 bits per heavy atom. The van der Waals surface area contributed by atoms with Gasteiger partial charge in [-0.2, -0.15) is 0 Å². The molecule has 0 spiro atoms. The Bertz CT molecular complexity index is 893. The first-order valence-corrected chi connectivity index (χ1v) is 8.57. The molecule has 1 heterocycles. The van der Waals surface area contributed by atoms with E-state index in [0.717, 1.165) is 22.6 Å². The zero-order valence-electron chi connectivity index (χ0n) is 13.1. The van der Waals surface area contributed by atoms with Crippen LogP contribution in [0.15, 0.2) is 84.0 Å². The number of anilines is 1. The maximum absolute atomic E-state index is 6.05. The molecule has 1 aliphatic heterocycles. The number of amidine groups is 1. The smallest absolute Gasteiger partial charge is 0.231 e. The summed E-state index contributed by atoms with van der Waals surface area (Å²) in [6.07, 6.45) is -0.340. The Morgan fingerprint density at radius 2 is 1.36 bits per heavy atom. The molecule has 25 heavy (non-hydrogen) atoms. The molecular weight excluding hydrogens is 355 g/mol. The topological polar surface area (TPSA) is 24.8 Å². The van der Waals surface area contributed by atoms with Gasteiger partial charge in [0.2, 0.25) is 6.23 Å². The highest BCUT2D eigenvalue weighted by molar-refractivity contribution is 6.31. The third-order valence-corrected chi connectivity index (χ3v) is 4.50. The molecular formula is C20H14Cl2N2O. The molecule has 1 unspecified atom stereocenters. The van der Waals surface area contributed by atoms with Crippen LogP contribution in [0.4, 0.5) is 5.69 Å². The lowest BCUT2D eigenvalue weighted by Crippen LogP contribution is -2.31. The van der Waals surface area contributed by atoms with E-state index in [0.29, 0.717) is 10.0 Å². The van der Waals surface area contributed by atoms with Gasteiger partial charge >= 0.3 is 0 Å². The van der Waals surface area contributed by atoms with Crippen LogP contribution in [0.1, 0.15) is 17.4 Å². The fourth-order valence-electron chi connectivity index (χ4n) is 2.78. The highest BCUT2D eigenvalue weighted by atomic mass is 35.5. The third-order valence-electron chi connectivity index (χ3n) is 3.99. The van der Waals surface area contributed by atoms with Gasteiger partial charge < -0.3 is 4.84 Å². The van der Waals surface area contributed by atoms with Crippen molar-refractivity contribution in [1.82, 2.24) is 0 Å². The lowest BCUT2D eigenvalue weighted by Gasteiger charge is -2.25. The van der Waals surface area contributed by atoms with Gasteiger partial charge in [0.15, 0.2) is 5.84 Å². The van der Waals surface area contributed by atoms with E-state index < -0.39 is 0 Å². The fraction of sp³-hybridized carbons (Fsp3) is 0.0500. The molecule has 3 aromatic rings. The summed E-state index contributed by atoms with van der Waals surface area (Å²) in [4.78, 5) is 7.83. The average Bonchev–Trinajstić information content (AvgIpc) is 3.09. The normalized spacial score (nSPS) is 16.5. The first kappa shape index (κ1) is 16.0. The Morgan fingerprint density at radius 1 is 0.760 bits per heavy atom. The third kappa shape index (κ3) is 3.21. The zero-order valence-corrected chi connectivity index (χ0v) is 14.7. The van der Waals surface area contributed by atoms with Crippen LogP contribution in [0.2, 0.25) is 10.0 Å². The van der Waals surface area contributed by atoms with Crippen molar-refractivity contribution in [2.24, 2.45) is 5.16 Å². The number of oxime groups is 1. The summed E-state index contributed by atoms with van der Waals surface area (Å²) in [5.74, 6) is 0.729. The van der Waals surface area contributed by atoms with E-state index in [9.17, 15) is 0 Å². The Kier molecular flexibility index (Phi) is 4.35. The minimum atomic E-state index is -0.340. The monoisotopic (exact) mass is 368 g/mol. The van der Waals surface area contributed by atoms with Crippen molar-refractivity contribution in [3.8, 4) is 0 Å². The van der Waals surface area contributed by atoms with Crippen LogP contribution >= 0.6 is 23.2 Å². The van der Waals surface area contributed by atoms with E-state index in [1.54, 1.807) is 0 Å². The molecule has 5 heteroatoms. The van der Waals surface area contributed by atoms with Crippen molar-refractivity contribution in [2.75, 3.05) is 4.90 Å². The second-order valence-electron chi connectivity index (χ2n) is 5.64. The van der Waals surface area contributed by atoms with E-state index >= 15 is 0 Å². The molecule has 3 aromatic carbocycles. The van der Waals surface area contributed by atoms with E-state index in [4.69, 9.17) is 28.0 Å². The van der Waals surface area contributed by atoms with Gasteiger partial charge in [0, 0.05) is 26.9 Å². The van der Waals surface area contributed by atoms with Crippen LogP contribution in [-0.4, -0.2) is 5.84 Å². The van der Waals surface area contributed by atoms with Gasteiger partial charge in [-0.3, -0.25) is 4.90 Å². The first-order valence-electron chi connectivity index (χ1n) is 7.82. The second kappa shape index (κ2) is 6.79. The van der Waals surface area contributed by atoms with E-state index in [1.165, 1.54) is 0 Å². The molecule has 0 radical (unpaired) electrons. The minimum Gasteiger partial charge on any atom is -0.363 e. The molecule has 4 rings (SSSR count). The van der Waals surface area contributed by atoms with Gasteiger partial charge in [-0.25, -0.2) is 0 Å². The predicted octanol–water partition coefficient (Wildman–Crippen LogP) is 5.89. The van der Waals surface area contributed by atoms with E-state index in [2.05, 4.69) is 10.1 Å². The summed E-state index contributed by atoms with van der Waals surface area (Å²) in [6.45, 7) is 0. The molecule has 0 bridgehead atoms. The van der Waals surface area contributed by atoms with Gasteiger partial charge in [-0.15, -0.1) is 0 Å². The molecule has 1 aliphatic rings. The number of hydrogen-bond acceptors (Lipinski definition) is 3. The Balaban J connectivity index is 1.78. The van der Waals surface area contributed by atoms with Crippen LogP contribution in [-0.2, 0) is 4.84 Å². The molecule has 0 fully saturated rings. The maximum atomic E-state index is 6.05. The highest BCUT2D eigenvalue weighted by Gasteiger charge is 2.33. The number of nitrogens with zero attached hydrogens (tertiary/aromatic N) is 2. The molecule has 0 aromatic heterocycles. The van der Waals surface area contributed by atoms with Crippen molar-refractivity contribution in [3.05, 3.63) is 100 Å². The largest absolute Gasteiger partial charge is 0.363 e. The maximum Gasteiger partial charge on any atom is 0.231 e. The number of benzene rings is 3. The van der Waals surface area contributed by atoms with Gasteiger partial charge in [0.05, 0.1) is 0 Å². The molecule has 0 aliphatic carbocycles. The van der Waals surface area contributed by atoms with Crippen LogP contribution in [0.5, 0.6) is 0 Å². The van der Waals surface area contributed by atoms with Crippen molar-refractivity contribution >= 4 is 34.7 Å². The Labute approximate surface area is 156 Å². The molecule has 0 N–H and O–H groups in total. The molecule has 0 amide bonds. The minimum absolute atomic E-state index is 0.340. The molecule has 3 nitrogen and oxygen atoms in total. The van der Waals surface area contributed by atoms with E-state index in [-0.39, 0.29) is 6.23 Å². The quantitative estimate of drug-likeness (QED) is 0.575. The molecule has 1 atom stereocenters. The number of rotatable bonds is 3. The highest BCUT2D eigenvalue weighted by Crippen LogP contribution is 2.35. The van der Waals surface area contributed by atoms with Crippen LogP contribution in [0, 0.1) is 0 Å². The lowest BCUT2D eigenvalue weighted by molar-refractivity contribution is 0.0868. The van der Waals surface area contributed by atoms with Crippen molar-refractivity contribution in [2.45, 2.75) is 6.23 Å². The summed E-state index contributed by atoms with van der Waals surface area (Å²) in [7, 11) is 0. The van der Waals surface area contributed by atoms with E-state index in [1.807, 2.05) is 78.9 Å². The molecule has 0 saturated carbocycles. The number of hydrogen-bond donors (Lipinski definition) is 0. The SMILES string of the molecule is Clc1ccc(C2=NOC(c3ccccc3)N2c2ccc(Cl)cc2)cc1. The van der Waals surface area contributed by atoms with Gasteiger partial charge in [-0.05, 0) is 48.5 Å². The molecule has 124 valence electrons. The van der Waals surface area contributed by atoms with Crippen molar-refractivity contribution < 1.29 is 4.84 Å². The van der Waals surface area contributed by atoms with Gasteiger partial charge in [-0.1, -0.05) is 58.7 Å². The first-order chi connectivity index (χ1) is 12.2. The van der Waals surface area contributed by atoms with Crippen molar-refractivity contribution in [1.29, 1.82) is 0 Å². The zero-order chi connectivity index (χ0) is 17.2. The van der Waals surface area contributed by atoms with Crippen molar-refractivity contribution in [3.63, 3.8) is 0 Å². The molecule has 0 saturated heterocycles. The predicted molar refractivity (Wildman–Crippen MR) is 102 cm³/mol. The van der Waals surface area contributed by atoms with Gasteiger partial charge in [0.1, 0.15) is 0 Å². The summed E-state index contributed by atoms with van der Waals surface area (Å²) < 4.78 is 0. The lowest BCUT2D eigenvalue weighted by atomic mass is 10.1. The van der Waals surface area contributed by atoms with Crippen LogP contribution < -0.4 is 4.90 Å². The van der Waals surface area contributed by atoms with Crippen LogP contribution in [0.25, 0.3) is 0 Å². The van der Waals surface area contributed by atoms with Crippen LogP contribution in [0.3, 0.4) is 0 Å². The average molecular weight is 369 g/mol. The fourth-order valence-corrected chi connectivity index (χ4v) is 3.03. The second-order valence-corrected chi connectivity index (χ2v) is 6.51. The standard InChI is InChI=1S/C20H14Cl2N2O/c21-16-8-6-14(7-9-16)19-23-25-20(15-4-2-1-3-5-15)24(19)18-12-10-17(22)11-13-18/h1-13,20H. The summed E-state index contributed by atoms with van der Waals surface area (Å²) in [5.41, 5.74) is 2.90. The number of halogens is 2. The summed E-state index contributed by atoms with van der Waals surface area (Å²) >= 11 is 12.1. The van der Waals surface area contributed by atoms with Gasteiger partial charge in [0.25, 0.3) is 0 Å². The summed E-state index contributed by atoms with van der Waals surface area (Å²) in [6, 6.07) is 25.2. The Hall–Kier alpha value is -2.49. The summed E-state index contributed by atoms with van der Waals surface area (Å²) in [5, 5.41) is 5.71.